The molecule has 2 aromatic rings. The summed E-state index contributed by atoms with van der Waals surface area (Å²) in [5.74, 6) is 1.70. The van der Waals surface area contributed by atoms with E-state index in [0.717, 1.165) is 6.20 Å². The van der Waals surface area contributed by atoms with Crippen molar-refractivity contribution in [3.8, 4) is 11.5 Å². The van der Waals surface area contributed by atoms with Crippen molar-refractivity contribution in [2.24, 2.45) is 0 Å². The van der Waals surface area contributed by atoms with Crippen LogP contribution in [0.1, 0.15) is 24.6 Å². The van der Waals surface area contributed by atoms with Crippen molar-refractivity contribution in [1.82, 2.24) is 15.6 Å². The summed E-state index contributed by atoms with van der Waals surface area (Å²) in [5, 5.41) is 5.40. The molecule has 0 bridgehead atoms. The number of halogens is 5. The first-order valence-corrected chi connectivity index (χ1v) is 13.7. The summed E-state index contributed by atoms with van der Waals surface area (Å²) in [5.41, 5.74) is 0.245. The molecule has 1 aromatic carbocycles. The summed E-state index contributed by atoms with van der Waals surface area (Å²) in [6.45, 7) is -3.07. The average Bonchev–Trinajstić information content (AvgIpc) is 2.81. The van der Waals surface area contributed by atoms with E-state index < -0.39 is 46.3 Å². The molecule has 8 nitrogen and oxygen atoms in total. The molecule has 1 aliphatic rings. The summed E-state index contributed by atoms with van der Waals surface area (Å²) < 4.78 is 83.5. The molecule has 2 heterocycles. The van der Waals surface area contributed by atoms with Crippen LogP contribution in [-0.4, -0.2) is 64.8 Å². The van der Waals surface area contributed by atoms with Crippen molar-refractivity contribution >= 4 is 32.8 Å². The Morgan fingerprint density at radius 2 is 1.85 bits per heavy atom. The van der Waals surface area contributed by atoms with Gasteiger partial charge in [-0.05, 0) is 57.7 Å². The molecule has 2 amide bonds. The molecule has 1 aliphatic heterocycles. The second kappa shape index (κ2) is 11.6. The summed E-state index contributed by atoms with van der Waals surface area (Å²) >= 11 is 0. The SMILES string of the molecule is C=S(C)(=O)CC(=O)NCC1=C(c2ccc(OC(F)F)cn2)C[C@@](C)(c2ccc(OCC(F)(F)F)cc2)NC1=O. The molecule has 1 unspecified atom stereocenters. The van der Waals surface area contributed by atoms with Gasteiger partial charge >= 0.3 is 12.8 Å². The Balaban J connectivity index is 1.93. The third kappa shape index (κ3) is 8.67. The number of nitrogens with zero attached hydrogens (tertiary/aromatic N) is 1. The van der Waals surface area contributed by atoms with Crippen molar-refractivity contribution in [2.45, 2.75) is 31.7 Å². The number of alkyl halides is 5. The van der Waals surface area contributed by atoms with E-state index in [0.29, 0.717) is 11.1 Å². The first kappa shape index (κ1) is 29.9. The summed E-state index contributed by atoms with van der Waals surface area (Å²) in [6.07, 6.45) is -2.00. The topological polar surface area (TPSA) is 107 Å². The first-order valence-electron chi connectivity index (χ1n) is 11.4. The number of amides is 2. The normalized spacial score (nSPS) is 19.3. The minimum Gasteiger partial charge on any atom is -0.484 e. The number of hydrogen-bond acceptors (Lipinski definition) is 6. The maximum atomic E-state index is 13.3. The maximum Gasteiger partial charge on any atom is 0.422 e. The predicted octanol–water partition coefficient (Wildman–Crippen LogP) is 3.28. The van der Waals surface area contributed by atoms with Gasteiger partial charge in [-0.3, -0.25) is 18.8 Å². The molecule has 39 heavy (non-hydrogen) atoms. The van der Waals surface area contributed by atoms with Crippen molar-refractivity contribution < 1.29 is 45.2 Å². The van der Waals surface area contributed by atoms with Gasteiger partial charge in [0, 0.05) is 24.8 Å². The van der Waals surface area contributed by atoms with Crippen LogP contribution in [0.5, 0.6) is 11.5 Å². The third-order valence-corrected chi connectivity index (χ3v) is 6.49. The number of ether oxygens (including phenoxy) is 2. The Bertz CT molecular complexity index is 1340. The third-order valence-electron chi connectivity index (χ3n) is 5.62. The highest BCUT2D eigenvalue weighted by Gasteiger charge is 2.38. The number of rotatable bonds is 10. The molecule has 1 aromatic heterocycles. The van der Waals surface area contributed by atoms with Crippen LogP contribution in [-0.2, 0) is 24.6 Å². The van der Waals surface area contributed by atoms with Gasteiger partial charge < -0.3 is 20.1 Å². The van der Waals surface area contributed by atoms with E-state index in [1.54, 1.807) is 6.92 Å². The van der Waals surface area contributed by atoms with Gasteiger partial charge in [-0.25, -0.2) is 0 Å². The molecule has 0 spiro atoms. The van der Waals surface area contributed by atoms with Gasteiger partial charge in [0.05, 0.1) is 23.2 Å². The van der Waals surface area contributed by atoms with Crippen LogP contribution < -0.4 is 20.1 Å². The fourth-order valence-electron chi connectivity index (χ4n) is 3.90. The molecular formula is C25H26F5N3O5S. The number of carbonyl (C=O) groups is 2. The average molecular weight is 576 g/mol. The van der Waals surface area contributed by atoms with E-state index in [-0.39, 0.29) is 41.5 Å². The minimum atomic E-state index is -4.50. The van der Waals surface area contributed by atoms with Crippen LogP contribution in [0.2, 0.25) is 0 Å². The predicted molar refractivity (Wildman–Crippen MR) is 135 cm³/mol. The number of pyridine rings is 1. The lowest BCUT2D eigenvalue weighted by atomic mass is 9.79. The van der Waals surface area contributed by atoms with E-state index in [2.05, 4.69) is 26.2 Å². The van der Waals surface area contributed by atoms with Gasteiger partial charge in [0.1, 0.15) is 11.5 Å². The lowest BCUT2D eigenvalue weighted by molar-refractivity contribution is -0.153. The molecule has 0 aliphatic carbocycles. The number of hydrogen-bond donors (Lipinski definition) is 2. The van der Waals surface area contributed by atoms with E-state index >= 15 is 0 Å². The molecule has 0 fully saturated rings. The van der Waals surface area contributed by atoms with Crippen LogP contribution in [0.3, 0.4) is 0 Å². The highest BCUT2D eigenvalue weighted by Crippen LogP contribution is 2.38. The molecule has 2 atom stereocenters. The lowest BCUT2D eigenvalue weighted by Gasteiger charge is -2.37. The highest BCUT2D eigenvalue weighted by molar-refractivity contribution is 8.00. The van der Waals surface area contributed by atoms with Crippen molar-refractivity contribution in [1.29, 1.82) is 0 Å². The van der Waals surface area contributed by atoms with E-state index in [1.165, 1.54) is 42.7 Å². The molecule has 3 rings (SSSR count). The van der Waals surface area contributed by atoms with Crippen LogP contribution in [0.15, 0.2) is 48.2 Å². The zero-order valence-electron chi connectivity index (χ0n) is 20.9. The molecular weight excluding hydrogens is 549 g/mol. The molecule has 0 saturated heterocycles. The minimum absolute atomic E-state index is 0.0184. The standard InChI is InChI=1S/C25H26F5N3O5S/c1-24(15-4-6-16(7-5-15)37-14-25(28,29)30)10-18(20-9-8-17(11-31-20)38-23(26)27)19(22(35)33-24)12-32-21(34)13-39(2,3)36/h4-9,11,23H,2,10,12-14H2,1,3H3,(H,32,34)(H,33,35)/t24-,39?/m0/s1. The van der Waals surface area contributed by atoms with Gasteiger partial charge in [-0.1, -0.05) is 12.1 Å². The second-order valence-electron chi connectivity index (χ2n) is 9.21. The van der Waals surface area contributed by atoms with Crippen LogP contribution in [0.4, 0.5) is 22.0 Å². The zero-order valence-corrected chi connectivity index (χ0v) is 21.8. The molecule has 0 radical (unpaired) electrons. The van der Waals surface area contributed by atoms with Crippen molar-refractivity contribution in [3.63, 3.8) is 0 Å². The Labute approximate surface area is 221 Å². The Morgan fingerprint density at radius 3 is 2.38 bits per heavy atom. The first-order chi connectivity index (χ1) is 18.0. The van der Waals surface area contributed by atoms with Gasteiger partial charge in [0.15, 0.2) is 6.61 Å². The highest BCUT2D eigenvalue weighted by atomic mass is 32.2. The fraction of sp³-hybridized carbons (Fsp3) is 0.360. The Morgan fingerprint density at radius 1 is 1.21 bits per heavy atom. The Kier molecular flexibility index (Phi) is 8.88. The van der Waals surface area contributed by atoms with E-state index in [4.69, 9.17) is 4.74 Å². The monoisotopic (exact) mass is 575 g/mol. The quantitative estimate of drug-likeness (QED) is 0.333. The summed E-state index contributed by atoms with van der Waals surface area (Å²) in [6, 6.07) is 8.34. The van der Waals surface area contributed by atoms with E-state index in [1.807, 2.05) is 0 Å². The number of carbonyl (C=O) groups excluding carboxylic acids is 2. The van der Waals surface area contributed by atoms with Gasteiger partial charge in [-0.2, -0.15) is 22.0 Å². The largest absolute Gasteiger partial charge is 0.484 e. The van der Waals surface area contributed by atoms with Crippen LogP contribution in [0.25, 0.3) is 5.57 Å². The molecule has 14 heteroatoms. The maximum absolute atomic E-state index is 13.3. The van der Waals surface area contributed by atoms with Crippen molar-refractivity contribution in [3.05, 3.63) is 59.4 Å². The number of nitrogens with one attached hydrogen (secondary N) is 2. The second-order valence-corrected chi connectivity index (χ2v) is 11.9. The smallest absolute Gasteiger partial charge is 0.422 e. The molecule has 0 saturated carbocycles. The Hall–Kier alpha value is -3.68. The van der Waals surface area contributed by atoms with Gasteiger partial charge in [0.25, 0.3) is 0 Å². The summed E-state index contributed by atoms with van der Waals surface area (Å²) in [4.78, 5) is 29.6. The van der Waals surface area contributed by atoms with E-state index in [9.17, 15) is 35.8 Å². The fourth-order valence-corrected chi connectivity index (χ4v) is 4.56. The molecule has 212 valence electrons. The lowest BCUT2D eigenvalue weighted by Crippen LogP contribution is -2.49. The summed E-state index contributed by atoms with van der Waals surface area (Å²) in [7, 11) is -2.63. The number of aromatic nitrogens is 1. The molecule has 2 N–H and O–H groups in total. The van der Waals surface area contributed by atoms with Crippen molar-refractivity contribution in [2.75, 3.05) is 25.2 Å². The van der Waals surface area contributed by atoms with Crippen LogP contribution in [0, 0.1) is 0 Å². The van der Waals surface area contributed by atoms with Gasteiger partial charge in [0.2, 0.25) is 11.8 Å². The van der Waals surface area contributed by atoms with Crippen LogP contribution >= 0.6 is 0 Å². The zero-order chi connectivity index (χ0) is 29.0. The number of benzene rings is 1. The van der Waals surface area contributed by atoms with Gasteiger partial charge in [-0.15, -0.1) is 0 Å².